The minimum Gasteiger partial charge on any atom is -0.488 e. The van der Waals surface area contributed by atoms with E-state index >= 15 is 0 Å². The second-order valence-electron chi connectivity index (χ2n) is 7.78. The summed E-state index contributed by atoms with van der Waals surface area (Å²) in [4.78, 5) is 8.68. The Bertz CT molecular complexity index is 1030. The molecule has 3 N–H and O–H groups in total. The van der Waals surface area contributed by atoms with Gasteiger partial charge < -0.3 is 25.3 Å². The van der Waals surface area contributed by atoms with Crippen molar-refractivity contribution in [3.63, 3.8) is 0 Å². The molecule has 0 atom stereocenters. The highest BCUT2D eigenvalue weighted by atomic mass is 16.7. The van der Waals surface area contributed by atoms with Crippen molar-refractivity contribution in [2.24, 2.45) is 0 Å². The summed E-state index contributed by atoms with van der Waals surface area (Å²) in [5.74, 6) is 3.15. The fourth-order valence-electron chi connectivity index (χ4n) is 3.02. The molecular weight excluding hydrogens is 368 g/mol. The molecule has 0 fully saturated rings. The van der Waals surface area contributed by atoms with Gasteiger partial charge in [0.2, 0.25) is 12.7 Å². The van der Waals surface area contributed by atoms with Crippen molar-refractivity contribution in [3.05, 3.63) is 54.1 Å². The molecule has 150 valence electrons. The van der Waals surface area contributed by atoms with E-state index in [1.54, 1.807) is 0 Å². The van der Waals surface area contributed by atoms with Crippen molar-refractivity contribution >= 4 is 11.8 Å². The number of nitrogens with two attached hydrogens (primary N) is 1. The van der Waals surface area contributed by atoms with Crippen LogP contribution in [0, 0.1) is 0 Å². The monoisotopic (exact) mass is 392 g/mol. The topological polar surface area (TPSA) is 91.5 Å². The summed E-state index contributed by atoms with van der Waals surface area (Å²) < 4.78 is 16.7. The van der Waals surface area contributed by atoms with E-state index in [1.807, 2.05) is 69.3 Å². The first-order valence-electron chi connectivity index (χ1n) is 9.42. The zero-order valence-electron chi connectivity index (χ0n) is 16.7. The fourth-order valence-corrected chi connectivity index (χ4v) is 3.02. The zero-order valence-corrected chi connectivity index (χ0v) is 16.7. The molecule has 0 spiro atoms. The number of anilines is 2. The maximum Gasteiger partial charge on any atom is 0.231 e. The maximum atomic E-state index is 5.95. The highest BCUT2D eigenvalue weighted by Crippen LogP contribution is 2.33. The van der Waals surface area contributed by atoms with Crippen molar-refractivity contribution in [1.29, 1.82) is 0 Å². The van der Waals surface area contributed by atoms with Crippen molar-refractivity contribution < 1.29 is 14.2 Å². The first-order chi connectivity index (χ1) is 13.9. The SMILES string of the molecule is CC(C)(C)Oc1cccc(-c2cc(NCc3ccc4c(c3)OCO4)nc(N)n2)c1. The molecule has 2 heterocycles. The molecule has 7 nitrogen and oxygen atoms in total. The van der Waals surface area contributed by atoms with E-state index in [2.05, 4.69) is 15.3 Å². The second-order valence-corrected chi connectivity index (χ2v) is 7.78. The van der Waals surface area contributed by atoms with Crippen LogP contribution in [0.5, 0.6) is 17.2 Å². The number of fused-ring (bicyclic) bond motifs is 1. The number of hydrogen-bond donors (Lipinski definition) is 2. The lowest BCUT2D eigenvalue weighted by molar-refractivity contribution is 0.131. The predicted octanol–water partition coefficient (Wildman–Crippen LogP) is 4.24. The summed E-state index contributed by atoms with van der Waals surface area (Å²) in [5, 5.41) is 3.30. The second kappa shape index (κ2) is 7.50. The molecule has 0 amide bonds. The van der Waals surface area contributed by atoms with Gasteiger partial charge in [-0.1, -0.05) is 18.2 Å². The van der Waals surface area contributed by atoms with E-state index in [0.717, 1.165) is 34.1 Å². The standard InChI is InChI=1S/C22H24N4O3/c1-22(2,3)29-16-6-4-5-15(10-16)17-11-20(26-21(23)25-17)24-12-14-7-8-18-19(9-14)28-13-27-18/h4-11H,12-13H2,1-3H3,(H3,23,24,25,26). The Morgan fingerprint density at radius 1 is 1.03 bits per heavy atom. The van der Waals surface area contributed by atoms with Crippen LogP contribution < -0.4 is 25.3 Å². The van der Waals surface area contributed by atoms with E-state index in [4.69, 9.17) is 19.9 Å². The number of hydrogen-bond acceptors (Lipinski definition) is 7. The molecule has 0 bridgehead atoms. The van der Waals surface area contributed by atoms with Gasteiger partial charge in [-0.25, -0.2) is 4.98 Å². The largest absolute Gasteiger partial charge is 0.488 e. The number of aromatic nitrogens is 2. The molecule has 0 saturated heterocycles. The lowest BCUT2D eigenvalue weighted by Gasteiger charge is -2.21. The average Bonchev–Trinajstić information content (AvgIpc) is 3.13. The van der Waals surface area contributed by atoms with E-state index in [1.165, 1.54) is 0 Å². The molecule has 0 aliphatic carbocycles. The molecule has 3 aromatic rings. The van der Waals surface area contributed by atoms with Crippen LogP contribution in [-0.2, 0) is 6.54 Å². The predicted molar refractivity (Wildman–Crippen MR) is 112 cm³/mol. The lowest BCUT2D eigenvalue weighted by atomic mass is 10.1. The normalized spacial score (nSPS) is 12.7. The highest BCUT2D eigenvalue weighted by molar-refractivity contribution is 5.65. The van der Waals surface area contributed by atoms with Crippen LogP contribution in [0.2, 0.25) is 0 Å². The van der Waals surface area contributed by atoms with Crippen LogP contribution in [0.3, 0.4) is 0 Å². The van der Waals surface area contributed by atoms with Gasteiger partial charge in [-0.15, -0.1) is 0 Å². The fraction of sp³-hybridized carbons (Fsp3) is 0.273. The smallest absolute Gasteiger partial charge is 0.231 e. The molecular formula is C22H24N4O3. The summed E-state index contributed by atoms with van der Waals surface area (Å²) in [6.07, 6.45) is 0. The van der Waals surface area contributed by atoms with Gasteiger partial charge in [-0.2, -0.15) is 4.98 Å². The van der Waals surface area contributed by atoms with E-state index in [9.17, 15) is 0 Å². The van der Waals surface area contributed by atoms with E-state index < -0.39 is 0 Å². The van der Waals surface area contributed by atoms with E-state index in [0.29, 0.717) is 12.4 Å². The van der Waals surface area contributed by atoms with Crippen LogP contribution in [0.25, 0.3) is 11.3 Å². The summed E-state index contributed by atoms with van der Waals surface area (Å²) in [6.45, 7) is 6.87. The number of nitrogen functional groups attached to an aromatic ring is 1. The molecule has 0 unspecified atom stereocenters. The highest BCUT2D eigenvalue weighted by Gasteiger charge is 2.14. The van der Waals surface area contributed by atoms with Gasteiger partial charge in [0, 0.05) is 18.2 Å². The van der Waals surface area contributed by atoms with Crippen LogP contribution in [0.15, 0.2) is 48.5 Å². The van der Waals surface area contributed by atoms with Crippen molar-refractivity contribution in [2.45, 2.75) is 32.9 Å². The van der Waals surface area contributed by atoms with Gasteiger partial charge in [0.15, 0.2) is 11.5 Å². The van der Waals surface area contributed by atoms with Gasteiger partial charge >= 0.3 is 0 Å². The molecule has 4 rings (SSSR count). The quantitative estimate of drug-likeness (QED) is 0.671. The van der Waals surface area contributed by atoms with Crippen molar-refractivity contribution in [3.8, 4) is 28.5 Å². The lowest BCUT2D eigenvalue weighted by Crippen LogP contribution is -2.22. The Morgan fingerprint density at radius 2 is 1.86 bits per heavy atom. The van der Waals surface area contributed by atoms with Gasteiger partial charge in [-0.3, -0.25) is 0 Å². The molecule has 1 aliphatic heterocycles. The van der Waals surface area contributed by atoms with Crippen LogP contribution in [-0.4, -0.2) is 22.4 Å². The minimum atomic E-state index is -0.277. The number of benzene rings is 2. The number of nitrogens with zero attached hydrogens (tertiary/aromatic N) is 2. The Labute approximate surface area is 169 Å². The van der Waals surface area contributed by atoms with Crippen molar-refractivity contribution in [1.82, 2.24) is 9.97 Å². The van der Waals surface area contributed by atoms with Gasteiger partial charge in [-0.05, 0) is 50.6 Å². The molecule has 1 aliphatic rings. The molecule has 7 heteroatoms. The van der Waals surface area contributed by atoms with Gasteiger partial charge in [0.1, 0.15) is 17.2 Å². The molecule has 1 aromatic heterocycles. The Kier molecular flexibility index (Phi) is 4.88. The molecule has 29 heavy (non-hydrogen) atoms. The third-order valence-electron chi connectivity index (χ3n) is 4.21. The number of ether oxygens (including phenoxy) is 3. The molecule has 2 aromatic carbocycles. The van der Waals surface area contributed by atoms with E-state index in [-0.39, 0.29) is 18.3 Å². The van der Waals surface area contributed by atoms with Gasteiger partial charge in [0.25, 0.3) is 0 Å². The third-order valence-corrected chi connectivity index (χ3v) is 4.21. The van der Waals surface area contributed by atoms with Gasteiger partial charge in [0.05, 0.1) is 5.69 Å². The summed E-state index contributed by atoms with van der Waals surface area (Å²) in [5.41, 5.74) is 8.36. The molecule has 0 radical (unpaired) electrons. The first kappa shape index (κ1) is 18.9. The summed E-state index contributed by atoms with van der Waals surface area (Å²) in [7, 11) is 0. The maximum absolute atomic E-state index is 5.95. The Hall–Kier alpha value is -3.48. The van der Waals surface area contributed by atoms with Crippen LogP contribution in [0.1, 0.15) is 26.3 Å². The first-order valence-corrected chi connectivity index (χ1v) is 9.42. The number of nitrogens with one attached hydrogen (secondary N) is 1. The van der Waals surface area contributed by atoms with Crippen LogP contribution in [0.4, 0.5) is 11.8 Å². The summed E-state index contributed by atoms with van der Waals surface area (Å²) >= 11 is 0. The summed E-state index contributed by atoms with van der Waals surface area (Å²) in [6, 6.07) is 15.5. The van der Waals surface area contributed by atoms with Crippen LogP contribution >= 0.6 is 0 Å². The minimum absolute atomic E-state index is 0.206. The molecule has 0 saturated carbocycles. The number of rotatable bonds is 5. The Balaban J connectivity index is 1.53. The zero-order chi connectivity index (χ0) is 20.4. The van der Waals surface area contributed by atoms with Crippen molar-refractivity contribution in [2.75, 3.05) is 17.8 Å². The Morgan fingerprint density at radius 3 is 2.69 bits per heavy atom. The third kappa shape index (κ3) is 4.68. The average molecular weight is 392 g/mol.